The summed E-state index contributed by atoms with van der Waals surface area (Å²) in [5.41, 5.74) is 0.584. The molecule has 1 aromatic rings. The van der Waals surface area contributed by atoms with E-state index in [-0.39, 0.29) is 5.76 Å². The summed E-state index contributed by atoms with van der Waals surface area (Å²) in [6, 6.07) is 3.26. The molecule has 3 rings (SSSR count). The van der Waals surface area contributed by atoms with Gasteiger partial charge in [-0.05, 0) is 30.7 Å². The minimum Gasteiger partial charge on any atom is -0.486 e. The third-order valence-corrected chi connectivity index (χ3v) is 3.75. The maximum atomic E-state index is 12.1. The molecule has 0 spiro atoms. The first-order valence-corrected chi connectivity index (χ1v) is 7.58. The average molecular weight is 349 g/mol. The van der Waals surface area contributed by atoms with E-state index < -0.39 is 23.5 Å². The van der Waals surface area contributed by atoms with Gasteiger partial charge in [0.2, 0.25) is 0 Å². The Hall–Kier alpha value is -2.60. The molecule has 1 aromatic carbocycles. The minimum absolute atomic E-state index is 0.177. The van der Waals surface area contributed by atoms with Gasteiger partial charge in [-0.1, -0.05) is 17.7 Å². The van der Waals surface area contributed by atoms with Crippen molar-refractivity contribution in [2.24, 2.45) is 5.92 Å². The number of rotatable bonds is 3. The van der Waals surface area contributed by atoms with E-state index in [2.05, 4.69) is 0 Å². The monoisotopic (exact) mass is 348 g/mol. The highest BCUT2D eigenvalue weighted by Crippen LogP contribution is 2.38. The Balaban J connectivity index is 1.81. The van der Waals surface area contributed by atoms with Gasteiger partial charge in [-0.3, -0.25) is 14.4 Å². The summed E-state index contributed by atoms with van der Waals surface area (Å²) in [6.07, 6.45) is 3.75. The molecule has 2 heterocycles. The summed E-state index contributed by atoms with van der Waals surface area (Å²) >= 11 is 6.11. The molecule has 0 saturated carbocycles. The fourth-order valence-corrected chi connectivity index (χ4v) is 2.68. The molecule has 0 N–H and O–H groups in total. The molecule has 2 aliphatic heterocycles. The number of ketones is 2. The molecular formula is C17H13ClO6. The van der Waals surface area contributed by atoms with Crippen LogP contribution in [0.15, 0.2) is 30.0 Å². The zero-order chi connectivity index (χ0) is 17.3. The Morgan fingerprint density at radius 2 is 2.00 bits per heavy atom. The zero-order valence-corrected chi connectivity index (χ0v) is 13.5. The van der Waals surface area contributed by atoms with Crippen molar-refractivity contribution < 1.29 is 28.6 Å². The van der Waals surface area contributed by atoms with E-state index >= 15 is 0 Å². The second kappa shape index (κ2) is 6.49. The lowest BCUT2D eigenvalue weighted by Crippen LogP contribution is -2.34. The number of hydrogen-bond donors (Lipinski definition) is 0. The molecule has 0 aromatic heterocycles. The first-order valence-electron chi connectivity index (χ1n) is 7.20. The Morgan fingerprint density at radius 3 is 2.75 bits per heavy atom. The summed E-state index contributed by atoms with van der Waals surface area (Å²) in [4.78, 5) is 35.7. The largest absolute Gasteiger partial charge is 0.486 e. The molecule has 0 amide bonds. The highest BCUT2D eigenvalue weighted by molar-refractivity contribution is 6.32. The van der Waals surface area contributed by atoms with Crippen molar-refractivity contribution in [2.45, 2.75) is 6.92 Å². The lowest BCUT2D eigenvalue weighted by atomic mass is 9.96. The second-order valence-corrected chi connectivity index (χ2v) is 5.68. The van der Waals surface area contributed by atoms with Crippen LogP contribution in [0, 0.1) is 5.92 Å². The van der Waals surface area contributed by atoms with Crippen molar-refractivity contribution in [1.29, 1.82) is 0 Å². The van der Waals surface area contributed by atoms with Gasteiger partial charge >= 0.3 is 5.97 Å². The zero-order valence-electron chi connectivity index (χ0n) is 12.7. The minimum atomic E-state index is -1.46. The molecule has 7 heteroatoms. The van der Waals surface area contributed by atoms with Crippen molar-refractivity contribution in [3.05, 3.63) is 40.6 Å². The number of cyclic esters (lactones) is 1. The van der Waals surface area contributed by atoms with Gasteiger partial charge in [-0.2, -0.15) is 0 Å². The highest BCUT2D eigenvalue weighted by Gasteiger charge is 2.36. The van der Waals surface area contributed by atoms with Crippen molar-refractivity contribution in [3.8, 4) is 11.5 Å². The lowest BCUT2D eigenvalue weighted by Gasteiger charge is -2.19. The SMILES string of the molecule is CC1=CC(=O)[C@H](C(=O)/C=C\c2cc(Cl)c3c(c2)OCCO3)C(=O)O1. The van der Waals surface area contributed by atoms with Crippen LogP contribution in [0.1, 0.15) is 12.5 Å². The van der Waals surface area contributed by atoms with Gasteiger partial charge in [0, 0.05) is 6.08 Å². The average Bonchev–Trinajstić information content (AvgIpc) is 2.52. The van der Waals surface area contributed by atoms with E-state index in [0.717, 1.165) is 12.2 Å². The van der Waals surface area contributed by atoms with Gasteiger partial charge < -0.3 is 14.2 Å². The fourth-order valence-electron chi connectivity index (χ4n) is 2.40. The number of carbonyl (C=O) groups excluding carboxylic acids is 3. The van der Waals surface area contributed by atoms with Crippen LogP contribution in [0.3, 0.4) is 0 Å². The number of halogens is 1. The van der Waals surface area contributed by atoms with E-state index in [1.165, 1.54) is 13.0 Å². The van der Waals surface area contributed by atoms with Crippen LogP contribution in [0.4, 0.5) is 0 Å². The second-order valence-electron chi connectivity index (χ2n) is 5.27. The molecule has 0 radical (unpaired) electrons. The quantitative estimate of drug-likeness (QED) is 0.474. The van der Waals surface area contributed by atoms with Gasteiger partial charge in [-0.15, -0.1) is 0 Å². The number of fused-ring (bicyclic) bond motifs is 1. The molecule has 124 valence electrons. The summed E-state index contributed by atoms with van der Waals surface area (Å²) in [6.45, 7) is 2.30. The standard InChI is InChI=1S/C17H13ClO6/c1-9-6-13(20)15(17(21)24-9)12(19)3-2-10-7-11(18)16-14(8-10)22-4-5-23-16/h2-3,6-8,15H,4-5H2,1H3/b3-2-/t15-/m0/s1. The van der Waals surface area contributed by atoms with E-state index in [0.29, 0.717) is 35.3 Å². The number of benzene rings is 1. The third kappa shape index (κ3) is 3.19. The van der Waals surface area contributed by atoms with E-state index in [9.17, 15) is 14.4 Å². The van der Waals surface area contributed by atoms with Crippen LogP contribution < -0.4 is 9.47 Å². The Bertz CT molecular complexity index is 793. The Kier molecular flexibility index (Phi) is 4.40. The van der Waals surface area contributed by atoms with E-state index in [1.807, 2.05) is 0 Å². The van der Waals surface area contributed by atoms with Crippen LogP contribution in [0.25, 0.3) is 6.08 Å². The Labute approximate surface area is 142 Å². The van der Waals surface area contributed by atoms with E-state index in [1.54, 1.807) is 12.1 Å². The fraction of sp³-hybridized carbons (Fsp3) is 0.235. The lowest BCUT2D eigenvalue weighted by molar-refractivity contribution is -0.151. The van der Waals surface area contributed by atoms with E-state index in [4.69, 9.17) is 25.8 Å². The molecular weight excluding hydrogens is 336 g/mol. The topological polar surface area (TPSA) is 78.9 Å². The molecule has 24 heavy (non-hydrogen) atoms. The third-order valence-electron chi connectivity index (χ3n) is 3.47. The number of esters is 1. The molecule has 1 atom stereocenters. The predicted molar refractivity (Wildman–Crippen MR) is 84.8 cm³/mol. The first-order chi connectivity index (χ1) is 11.5. The molecule has 0 bridgehead atoms. The number of carbonyl (C=O) groups is 3. The molecule has 6 nitrogen and oxygen atoms in total. The predicted octanol–water partition coefficient (Wildman–Crippen LogP) is 2.34. The maximum Gasteiger partial charge on any atom is 0.329 e. The first kappa shape index (κ1) is 16.3. The number of allylic oxidation sites excluding steroid dienone is 3. The normalized spacial score (nSPS) is 19.9. The molecule has 0 unspecified atom stereocenters. The van der Waals surface area contributed by atoms with Crippen molar-refractivity contribution in [3.63, 3.8) is 0 Å². The van der Waals surface area contributed by atoms with Crippen LogP contribution in [0.2, 0.25) is 5.02 Å². The number of hydrogen-bond acceptors (Lipinski definition) is 6. The van der Waals surface area contributed by atoms with Gasteiger partial charge in [0.1, 0.15) is 19.0 Å². The molecule has 0 saturated heterocycles. The smallest absolute Gasteiger partial charge is 0.329 e. The van der Waals surface area contributed by atoms with Gasteiger partial charge in [0.15, 0.2) is 29.0 Å². The molecule has 0 fully saturated rings. The van der Waals surface area contributed by atoms with Crippen molar-refractivity contribution in [1.82, 2.24) is 0 Å². The highest BCUT2D eigenvalue weighted by atomic mass is 35.5. The molecule has 0 aliphatic carbocycles. The van der Waals surface area contributed by atoms with Crippen molar-refractivity contribution in [2.75, 3.05) is 13.2 Å². The van der Waals surface area contributed by atoms with Crippen LogP contribution in [-0.2, 0) is 19.1 Å². The van der Waals surface area contributed by atoms with Crippen LogP contribution in [0.5, 0.6) is 11.5 Å². The summed E-state index contributed by atoms with van der Waals surface area (Å²) in [5.74, 6) is -2.45. The number of ether oxygens (including phenoxy) is 3. The summed E-state index contributed by atoms with van der Waals surface area (Å²) < 4.78 is 15.7. The molecule has 2 aliphatic rings. The summed E-state index contributed by atoms with van der Waals surface area (Å²) in [5, 5.41) is 0.353. The Morgan fingerprint density at radius 1 is 1.25 bits per heavy atom. The summed E-state index contributed by atoms with van der Waals surface area (Å²) in [7, 11) is 0. The van der Waals surface area contributed by atoms with Crippen molar-refractivity contribution >= 4 is 35.2 Å². The van der Waals surface area contributed by atoms with Gasteiger partial charge in [0.05, 0.1) is 5.02 Å². The van der Waals surface area contributed by atoms with Crippen LogP contribution >= 0.6 is 11.6 Å². The maximum absolute atomic E-state index is 12.1. The van der Waals surface area contributed by atoms with Crippen LogP contribution in [-0.4, -0.2) is 30.7 Å². The van der Waals surface area contributed by atoms with Gasteiger partial charge in [0.25, 0.3) is 0 Å². The van der Waals surface area contributed by atoms with Gasteiger partial charge in [-0.25, -0.2) is 0 Å².